The molecule has 9 nitrogen and oxygen atoms in total. The average molecular weight is 482 g/mol. The number of aromatic nitrogens is 1. The number of carbonyl (C=O) groups is 3. The summed E-state index contributed by atoms with van der Waals surface area (Å²) in [4.78, 5) is 43.4. The zero-order valence-corrected chi connectivity index (χ0v) is 19.6. The van der Waals surface area contributed by atoms with Crippen molar-refractivity contribution >= 4 is 46.5 Å². The van der Waals surface area contributed by atoms with Crippen molar-refractivity contribution in [1.29, 1.82) is 0 Å². The van der Waals surface area contributed by atoms with Gasteiger partial charge in [-0.3, -0.25) is 14.4 Å². The van der Waals surface area contributed by atoms with E-state index >= 15 is 0 Å². The van der Waals surface area contributed by atoms with Gasteiger partial charge >= 0.3 is 0 Å². The van der Waals surface area contributed by atoms with Gasteiger partial charge in [-0.2, -0.15) is 0 Å². The average Bonchev–Trinajstić information content (AvgIpc) is 2.85. The van der Waals surface area contributed by atoms with Crippen LogP contribution >= 0.6 is 11.6 Å². The van der Waals surface area contributed by atoms with Crippen molar-refractivity contribution in [2.45, 2.75) is 0 Å². The lowest BCUT2D eigenvalue weighted by molar-refractivity contribution is -0.117. The standard InChI is InChI=1S/C24H24ClN5O4/c1-26-14-22(31)30(2)17-7-4-15(5-8-17)23(32)28-20-10-9-18(34-3)12-19(20)24(33)29-21-11-6-16(25)13-27-21/h4-13,26H,14H2,1-3H3,(H,28,32)(H,27,29,33). The smallest absolute Gasteiger partial charge is 0.259 e. The SMILES string of the molecule is CNCC(=O)N(C)c1ccc(C(=O)Nc2ccc(OC)cc2C(=O)Nc2ccc(Cl)cn2)cc1. The van der Waals surface area contributed by atoms with Crippen LogP contribution in [-0.4, -0.2) is 50.5 Å². The third-order valence-corrected chi connectivity index (χ3v) is 5.13. The first-order valence-electron chi connectivity index (χ1n) is 10.3. The van der Waals surface area contributed by atoms with E-state index in [0.717, 1.165) is 0 Å². The Balaban J connectivity index is 1.79. The van der Waals surface area contributed by atoms with Crippen molar-refractivity contribution in [3.8, 4) is 5.75 Å². The van der Waals surface area contributed by atoms with Crippen molar-refractivity contribution in [3.63, 3.8) is 0 Å². The minimum atomic E-state index is -0.482. The van der Waals surface area contributed by atoms with E-state index in [1.54, 1.807) is 62.6 Å². The molecule has 0 aliphatic heterocycles. The number of amides is 3. The first-order chi connectivity index (χ1) is 16.3. The van der Waals surface area contributed by atoms with E-state index in [1.165, 1.54) is 24.3 Å². The fraction of sp³-hybridized carbons (Fsp3) is 0.167. The molecular weight excluding hydrogens is 458 g/mol. The molecular formula is C24H24ClN5O4. The summed E-state index contributed by atoms with van der Waals surface area (Å²) in [7, 11) is 4.83. The minimum Gasteiger partial charge on any atom is -0.497 e. The summed E-state index contributed by atoms with van der Waals surface area (Å²) in [6.07, 6.45) is 1.42. The second-order valence-electron chi connectivity index (χ2n) is 7.21. The van der Waals surface area contributed by atoms with Gasteiger partial charge in [-0.1, -0.05) is 11.6 Å². The van der Waals surface area contributed by atoms with Crippen LogP contribution in [0.15, 0.2) is 60.8 Å². The highest BCUT2D eigenvalue weighted by Gasteiger charge is 2.17. The van der Waals surface area contributed by atoms with Crippen LogP contribution in [0.5, 0.6) is 5.75 Å². The van der Waals surface area contributed by atoms with Gasteiger partial charge in [0.1, 0.15) is 11.6 Å². The third-order valence-electron chi connectivity index (χ3n) is 4.91. The number of hydrogen-bond donors (Lipinski definition) is 3. The van der Waals surface area contributed by atoms with E-state index in [9.17, 15) is 14.4 Å². The maximum absolute atomic E-state index is 12.9. The number of carbonyl (C=O) groups excluding carboxylic acids is 3. The number of likely N-dealkylation sites (N-methyl/N-ethyl adjacent to an activating group) is 2. The number of benzene rings is 2. The lowest BCUT2D eigenvalue weighted by Crippen LogP contribution is -2.34. The van der Waals surface area contributed by atoms with Crippen LogP contribution in [0.3, 0.4) is 0 Å². The summed E-state index contributed by atoms with van der Waals surface area (Å²) in [5.41, 5.74) is 1.50. The third kappa shape index (κ3) is 6.09. The van der Waals surface area contributed by atoms with Crippen molar-refractivity contribution in [2.75, 3.05) is 43.3 Å². The molecule has 3 N–H and O–H groups in total. The number of methoxy groups -OCH3 is 1. The quantitative estimate of drug-likeness (QED) is 0.454. The highest BCUT2D eigenvalue weighted by Crippen LogP contribution is 2.24. The van der Waals surface area contributed by atoms with Gasteiger partial charge in [0.15, 0.2) is 0 Å². The van der Waals surface area contributed by atoms with Gasteiger partial charge in [0, 0.05) is 24.5 Å². The molecule has 0 saturated carbocycles. The van der Waals surface area contributed by atoms with E-state index in [2.05, 4.69) is 20.9 Å². The molecule has 2 aromatic carbocycles. The highest BCUT2D eigenvalue weighted by molar-refractivity contribution is 6.30. The maximum Gasteiger partial charge on any atom is 0.259 e. The Bertz CT molecular complexity index is 1180. The Labute approximate surface area is 202 Å². The number of anilines is 3. The van der Waals surface area contributed by atoms with E-state index < -0.39 is 11.8 Å². The summed E-state index contributed by atoms with van der Waals surface area (Å²) in [5.74, 6) is -0.250. The lowest BCUT2D eigenvalue weighted by Gasteiger charge is -2.17. The Morgan fingerprint density at radius 2 is 1.74 bits per heavy atom. The summed E-state index contributed by atoms with van der Waals surface area (Å²) >= 11 is 5.84. The Morgan fingerprint density at radius 1 is 1.00 bits per heavy atom. The topological polar surface area (TPSA) is 113 Å². The minimum absolute atomic E-state index is 0.108. The lowest BCUT2D eigenvalue weighted by atomic mass is 10.1. The molecule has 0 fully saturated rings. The fourth-order valence-corrected chi connectivity index (χ4v) is 3.14. The van der Waals surface area contributed by atoms with Crippen molar-refractivity contribution < 1.29 is 19.1 Å². The summed E-state index contributed by atoms with van der Waals surface area (Å²) in [5, 5.41) is 8.68. The van der Waals surface area contributed by atoms with E-state index in [0.29, 0.717) is 33.5 Å². The Kier molecular flexibility index (Phi) is 8.18. The zero-order valence-electron chi connectivity index (χ0n) is 18.9. The molecule has 3 rings (SSSR count). The van der Waals surface area contributed by atoms with Gasteiger partial charge in [-0.15, -0.1) is 0 Å². The number of pyridine rings is 1. The van der Waals surface area contributed by atoms with Gasteiger partial charge < -0.3 is 25.6 Å². The molecule has 1 aromatic heterocycles. The van der Waals surface area contributed by atoms with Crippen LogP contribution in [0.4, 0.5) is 17.2 Å². The van der Waals surface area contributed by atoms with Crippen LogP contribution in [0, 0.1) is 0 Å². The number of nitrogens with one attached hydrogen (secondary N) is 3. The fourth-order valence-electron chi connectivity index (χ4n) is 3.03. The predicted octanol–water partition coefficient (Wildman–Crippen LogP) is 3.43. The van der Waals surface area contributed by atoms with Gasteiger partial charge in [0.05, 0.1) is 29.9 Å². The molecule has 0 spiro atoms. The second kappa shape index (κ2) is 11.3. The van der Waals surface area contributed by atoms with E-state index in [4.69, 9.17) is 16.3 Å². The zero-order chi connectivity index (χ0) is 24.7. The van der Waals surface area contributed by atoms with Crippen molar-refractivity contribution in [2.24, 2.45) is 0 Å². The number of hydrogen-bond acceptors (Lipinski definition) is 6. The molecule has 0 atom stereocenters. The highest BCUT2D eigenvalue weighted by atomic mass is 35.5. The molecule has 176 valence electrons. The summed E-state index contributed by atoms with van der Waals surface area (Å²) in [6.45, 7) is 0.201. The number of nitrogens with zero attached hydrogens (tertiary/aromatic N) is 2. The van der Waals surface area contributed by atoms with Crippen LogP contribution in [0.1, 0.15) is 20.7 Å². The normalized spacial score (nSPS) is 10.4. The van der Waals surface area contributed by atoms with E-state index in [1.807, 2.05) is 0 Å². The van der Waals surface area contributed by atoms with Crippen molar-refractivity contribution in [1.82, 2.24) is 10.3 Å². The Morgan fingerprint density at radius 3 is 2.35 bits per heavy atom. The maximum atomic E-state index is 12.9. The Hall–Kier alpha value is -3.95. The molecule has 0 unspecified atom stereocenters. The van der Waals surface area contributed by atoms with Gasteiger partial charge in [0.2, 0.25) is 5.91 Å². The van der Waals surface area contributed by atoms with Crippen LogP contribution in [0.25, 0.3) is 0 Å². The molecule has 0 aliphatic carbocycles. The van der Waals surface area contributed by atoms with Crippen LogP contribution in [0.2, 0.25) is 5.02 Å². The van der Waals surface area contributed by atoms with Crippen LogP contribution < -0.4 is 25.6 Å². The van der Waals surface area contributed by atoms with Gasteiger partial charge in [0.25, 0.3) is 11.8 Å². The number of halogens is 1. The molecule has 0 aliphatic rings. The largest absolute Gasteiger partial charge is 0.497 e. The molecule has 0 saturated heterocycles. The monoisotopic (exact) mass is 481 g/mol. The van der Waals surface area contributed by atoms with Gasteiger partial charge in [-0.05, 0) is 61.6 Å². The molecule has 34 heavy (non-hydrogen) atoms. The van der Waals surface area contributed by atoms with Gasteiger partial charge in [-0.25, -0.2) is 4.98 Å². The number of rotatable bonds is 8. The summed E-state index contributed by atoms with van der Waals surface area (Å²) < 4.78 is 5.23. The predicted molar refractivity (Wildman–Crippen MR) is 132 cm³/mol. The molecule has 3 amide bonds. The molecule has 0 bridgehead atoms. The molecule has 1 heterocycles. The molecule has 10 heteroatoms. The van der Waals surface area contributed by atoms with E-state index in [-0.39, 0.29) is 18.0 Å². The second-order valence-corrected chi connectivity index (χ2v) is 7.65. The first-order valence-corrected chi connectivity index (χ1v) is 10.6. The van der Waals surface area contributed by atoms with Crippen LogP contribution in [-0.2, 0) is 4.79 Å². The number of ether oxygens (including phenoxy) is 1. The molecule has 0 radical (unpaired) electrons. The van der Waals surface area contributed by atoms with Crippen molar-refractivity contribution in [3.05, 3.63) is 76.9 Å². The first kappa shape index (κ1) is 24.7. The molecule has 3 aromatic rings. The summed E-state index contributed by atoms with van der Waals surface area (Å²) in [6, 6.07) is 14.5.